The van der Waals surface area contributed by atoms with E-state index >= 15 is 0 Å². The molecule has 0 saturated heterocycles. The second-order valence-corrected chi connectivity index (χ2v) is 12.6. The summed E-state index contributed by atoms with van der Waals surface area (Å²) in [7, 11) is 0. The number of allylic oxidation sites excluding steroid dienone is 6. The van der Waals surface area contributed by atoms with Crippen LogP contribution in [0.1, 0.15) is 52.5 Å². The number of anilines is 2. The van der Waals surface area contributed by atoms with Crippen molar-refractivity contribution in [2.75, 3.05) is 22.9 Å². The fraction of sp³-hybridized carbons (Fsp3) is 0.344. The predicted molar refractivity (Wildman–Crippen MR) is 166 cm³/mol. The Bertz CT molecular complexity index is 1460. The Kier molecular flexibility index (Phi) is 9.57. The summed E-state index contributed by atoms with van der Waals surface area (Å²) in [5.41, 5.74) is 6.51. The molecular weight excluding hydrogens is 656 g/mol. The van der Waals surface area contributed by atoms with Gasteiger partial charge in [-0.25, -0.2) is 0 Å². The molecule has 2 heterocycles. The molecule has 206 valence electrons. The summed E-state index contributed by atoms with van der Waals surface area (Å²) in [5.74, 6) is 1.15. The van der Waals surface area contributed by atoms with E-state index < -0.39 is 0 Å². The van der Waals surface area contributed by atoms with E-state index in [4.69, 9.17) is 23.2 Å². The van der Waals surface area contributed by atoms with E-state index in [0.717, 1.165) is 49.7 Å². The van der Waals surface area contributed by atoms with Crippen molar-refractivity contribution in [1.29, 1.82) is 0 Å². The van der Waals surface area contributed by atoms with Gasteiger partial charge in [-0.3, -0.25) is 0 Å². The number of nitrogens with zero attached hydrogens (tertiary/aromatic N) is 3. The normalized spacial score (nSPS) is 17.7. The average Bonchev–Trinajstić information content (AvgIpc) is 3.36. The van der Waals surface area contributed by atoms with Crippen LogP contribution in [0.2, 0.25) is 10.0 Å². The first-order valence-electron chi connectivity index (χ1n) is 13.5. The molecule has 1 aromatic heterocycles. The van der Waals surface area contributed by atoms with Gasteiger partial charge in [0.15, 0.2) is 0 Å². The molecule has 1 aliphatic carbocycles. The van der Waals surface area contributed by atoms with Crippen molar-refractivity contribution in [2.45, 2.75) is 54.0 Å². The molecule has 3 nitrogen and oxygen atoms in total. The fourth-order valence-corrected chi connectivity index (χ4v) is 7.32. The molecule has 0 spiro atoms. The standard InChI is InChI=1S/C32H36Cl2N3S.HI/c1-6-35-27-18-24(33)25(34)19-28(27)36(7-2)30(35)15-11-12-22-16-23(21-32(4,5)20-22)17-31-37(8-3)26-13-9-10-14-29(26)38-31;/h9-19H,6-8,20-21H2,1-5H3;1H/q+1;/p-1. The highest BCUT2D eigenvalue weighted by Gasteiger charge is 2.30. The third kappa shape index (κ3) is 6.12. The lowest BCUT2D eigenvalue weighted by molar-refractivity contribution is -0.665. The highest BCUT2D eigenvalue weighted by atomic mass is 127. The van der Waals surface area contributed by atoms with Crippen LogP contribution in [0.5, 0.6) is 0 Å². The van der Waals surface area contributed by atoms with Gasteiger partial charge in [0.2, 0.25) is 5.52 Å². The molecule has 0 amide bonds. The highest BCUT2D eigenvalue weighted by molar-refractivity contribution is 7.18. The van der Waals surface area contributed by atoms with Crippen molar-refractivity contribution < 1.29 is 28.5 Å². The maximum atomic E-state index is 6.38. The van der Waals surface area contributed by atoms with Gasteiger partial charge in [-0.15, -0.1) is 0 Å². The largest absolute Gasteiger partial charge is 1.00 e. The molecule has 3 aromatic rings. The molecular formula is C32H36Cl2IN3S. The number of hydrogen-bond acceptors (Lipinski definition) is 3. The molecule has 0 radical (unpaired) electrons. The number of halogens is 3. The van der Waals surface area contributed by atoms with E-state index in [1.807, 2.05) is 23.5 Å². The Balaban J connectivity index is 0.00000353. The smallest absolute Gasteiger partial charge is 0.263 e. The molecule has 1 aliphatic heterocycles. The van der Waals surface area contributed by atoms with Crippen LogP contribution in [-0.4, -0.2) is 13.1 Å². The lowest BCUT2D eigenvalue weighted by Crippen LogP contribution is -3.00. The fourth-order valence-electron chi connectivity index (χ4n) is 5.81. The Morgan fingerprint density at radius 2 is 1.62 bits per heavy atom. The first-order valence-corrected chi connectivity index (χ1v) is 15.1. The number of hydrogen-bond donors (Lipinski definition) is 0. The van der Waals surface area contributed by atoms with Crippen LogP contribution in [0, 0.1) is 5.41 Å². The Labute approximate surface area is 264 Å². The third-order valence-corrected chi connectivity index (χ3v) is 9.17. The van der Waals surface area contributed by atoms with Gasteiger partial charge in [0.05, 0.1) is 21.4 Å². The minimum absolute atomic E-state index is 0. The van der Waals surface area contributed by atoms with Crippen molar-refractivity contribution in [1.82, 2.24) is 0 Å². The number of rotatable bonds is 6. The minimum Gasteiger partial charge on any atom is -1.00 e. The SMILES string of the molecule is CCN1C(=C/C=C/C2=CC(=C\c3sc4ccccc4[n+]3CC)/CC(C)(C)C2)N(CC)c2cc(Cl)c(Cl)cc21.[I-]. The maximum Gasteiger partial charge on any atom is 0.263 e. The molecule has 5 rings (SSSR count). The van der Waals surface area contributed by atoms with E-state index in [1.54, 1.807) is 0 Å². The zero-order valence-electron chi connectivity index (χ0n) is 23.3. The highest BCUT2D eigenvalue weighted by Crippen LogP contribution is 2.45. The maximum absolute atomic E-state index is 6.38. The Morgan fingerprint density at radius 1 is 0.974 bits per heavy atom. The number of aromatic nitrogens is 1. The van der Waals surface area contributed by atoms with Crippen LogP contribution in [-0.2, 0) is 6.54 Å². The molecule has 7 heteroatoms. The van der Waals surface area contributed by atoms with Gasteiger partial charge in [-0.2, -0.15) is 4.57 Å². The van der Waals surface area contributed by atoms with E-state index in [1.165, 1.54) is 26.4 Å². The van der Waals surface area contributed by atoms with Crippen LogP contribution >= 0.6 is 34.5 Å². The van der Waals surface area contributed by atoms with Crippen molar-refractivity contribution >= 4 is 62.2 Å². The quantitative estimate of drug-likeness (QED) is 0.219. The van der Waals surface area contributed by atoms with Gasteiger partial charge < -0.3 is 33.8 Å². The molecule has 39 heavy (non-hydrogen) atoms. The van der Waals surface area contributed by atoms with Crippen LogP contribution in [0.3, 0.4) is 0 Å². The number of benzene rings is 2. The van der Waals surface area contributed by atoms with E-state index in [0.29, 0.717) is 10.0 Å². The van der Waals surface area contributed by atoms with Crippen LogP contribution in [0.4, 0.5) is 11.4 Å². The summed E-state index contributed by atoms with van der Waals surface area (Å²) in [4.78, 5) is 4.61. The van der Waals surface area contributed by atoms with Crippen LogP contribution in [0.25, 0.3) is 16.3 Å². The second-order valence-electron chi connectivity index (χ2n) is 10.7. The van der Waals surface area contributed by atoms with Gasteiger partial charge in [-0.05, 0) is 74.4 Å². The van der Waals surface area contributed by atoms with Crippen LogP contribution < -0.4 is 38.3 Å². The van der Waals surface area contributed by atoms with Gasteiger partial charge in [-0.1, -0.05) is 78.7 Å². The van der Waals surface area contributed by atoms with E-state index in [-0.39, 0.29) is 29.4 Å². The lowest BCUT2D eigenvalue weighted by Gasteiger charge is -2.30. The summed E-state index contributed by atoms with van der Waals surface area (Å²) >= 11 is 14.6. The first-order chi connectivity index (χ1) is 18.2. The zero-order chi connectivity index (χ0) is 27.0. The van der Waals surface area contributed by atoms with Gasteiger partial charge in [0, 0.05) is 25.2 Å². The van der Waals surface area contributed by atoms with Crippen molar-refractivity contribution in [3.8, 4) is 0 Å². The summed E-state index contributed by atoms with van der Waals surface area (Å²) in [6.07, 6.45) is 13.6. The average molecular weight is 693 g/mol. The number of aryl methyl sites for hydroxylation is 1. The second kappa shape index (κ2) is 12.4. The third-order valence-electron chi connectivity index (χ3n) is 7.34. The molecule has 0 fully saturated rings. The van der Waals surface area contributed by atoms with Crippen molar-refractivity contribution in [3.05, 3.63) is 92.7 Å². The monoisotopic (exact) mass is 691 g/mol. The molecule has 0 unspecified atom stereocenters. The minimum atomic E-state index is 0. The Morgan fingerprint density at radius 3 is 2.23 bits per heavy atom. The van der Waals surface area contributed by atoms with E-state index in [2.05, 4.69) is 104 Å². The zero-order valence-corrected chi connectivity index (χ0v) is 27.8. The summed E-state index contributed by atoms with van der Waals surface area (Å²) in [6.45, 7) is 14.0. The first kappa shape index (κ1) is 30.2. The topological polar surface area (TPSA) is 10.4 Å². The van der Waals surface area contributed by atoms with Gasteiger partial charge in [0.1, 0.15) is 17.1 Å². The summed E-state index contributed by atoms with van der Waals surface area (Å²) < 4.78 is 3.77. The lowest BCUT2D eigenvalue weighted by atomic mass is 9.75. The molecule has 0 atom stereocenters. The predicted octanol–water partition coefficient (Wildman–Crippen LogP) is 6.41. The molecule has 0 bridgehead atoms. The number of thiazole rings is 1. The summed E-state index contributed by atoms with van der Waals surface area (Å²) in [5, 5.41) is 2.50. The molecule has 2 aliphatic rings. The van der Waals surface area contributed by atoms with Gasteiger partial charge >= 0.3 is 0 Å². The molecule has 0 saturated carbocycles. The molecule has 2 aromatic carbocycles. The summed E-state index contributed by atoms with van der Waals surface area (Å²) in [6, 6.07) is 12.7. The van der Waals surface area contributed by atoms with Crippen LogP contribution in [0.15, 0.2) is 77.7 Å². The van der Waals surface area contributed by atoms with Crippen molar-refractivity contribution in [2.24, 2.45) is 5.41 Å². The number of para-hydroxylation sites is 1. The van der Waals surface area contributed by atoms with E-state index in [9.17, 15) is 0 Å². The molecule has 0 N–H and O–H groups in total. The van der Waals surface area contributed by atoms with Gasteiger partial charge in [0.25, 0.3) is 5.01 Å². The number of fused-ring (bicyclic) bond motifs is 2. The van der Waals surface area contributed by atoms with Crippen molar-refractivity contribution in [3.63, 3.8) is 0 Å². The Hall–Kier alpha value is -1.80.